The van der Waals surface area contributed by atoms with Crippen molar-refractivity contribution < 1.29 is 27.8 Å². The number of benzene rings is 2. The molecule has 1 aliphatic heterocycles. The molecule has 1 atom stereocenters. The van der Waals surface area contributed by atoms with Crippen LogP contribution in [0.2, 0.25) is 0 Å². The Morgan fingerprint density at radius 3 is 2.58 bits per heavy atom. The van der Waals surface area contributed by atoms with Crippen molar-refractivity contribution in [3.8, 4) is 5.75 Å². The van der Waals surface area contributed by atoms with E-state index in [4.69, 9.17) is 9.47 Å². The Morgan fingerprint density at radius 1 is 1.19 bits per heavy atom. The molecule has 0 saturated carbocycles. The number of nitrogens with one attached hydrogen (secondary N) is 1. The van der Waals surface area contributed by atoms with E-state index in [0.717, 1.165) is 23.9 Å². The molecule has 1 heterocycles. The Kier molecular flexibility index (Phi) is 7.59. The molecule has 0 radical (unpaired) electrons. The summed E-state index contributed by atoms with van der Waals surface area (Å²) in [5.74, 6) is -1.80. The molecule has 1 N–H and O–H groups in total. The van der Waals surface area contributed by atoms with Crippen molar-refractivity contribution in [1.82, 2.24) is 4.90 Å². The number of anilines is 1. The van der Waals surface area contributed by atoms with Crippen molar-refractivity contribution in [2.45, 2.75) is 11.7 Å². The number of carbonyl (C=O) groups excluding carboxylic acids is 2. The molecule has 3 rings (SSSR count). The van der Waals surface area contributed by atoms with Crippen LogP contribution in [0.1, 0.15) is 6.42 Å². The molecule has 0 spiro atoms. The number of hydrogen-bond acceptors (Lipinski definition) is 6. The normalized spacial score (nSPS) is 17.3. The van der Waals surface area contributed by atoms with Crippen molar-refractivity contribution in [3.63, 3.8) is 0 Å². The molecule has 1 saturated heterocycles. The molecule has 0 aromatic heterocycles. The molecule has 2 aromatic rings. The van der Waals surface area contributed by atoms with E-state index in [-0.39, 0.29) is 24.6 Å². The van der Waals surface area contributed by atoms with Gasteiger partial charge in [-0.1, -0.05) is 11.8 Å². The Balaban J connectivity index is 1.73. The smallest absolute Gasteiger partial charge is 0.242 e. The molecule has 1 fully saturated rings. The van der Waals surface area contributed by atoms with Gasteiger partial charge in [-0.15, -0.1) is 0 Å². The highest BCUT2D eigenvalue weighted by molar-refractivity contribution is 8.15. The lowest BCUT2D eigenvalue weighted by molar-refractivity contribution is -0.128. The average Bonchev–Trinajstić information content (AvgIpc) is 3.03. The first-order valence-corrected chi connectivity index (χ1v) is 10.2. The molecular weight excluding hydrogens is 428 g/mol. The lowest BCUT2D eigenvalue weighted by atomic mass is 10.2. The number of nitrogens with zero attached hydrogens (tertiary/aromatic N) is 2. The van der Waals surface area contributed by atoms with Gasteiger partial charge in [-0.25, -0.2) is 13.8 Å². The number of thioether (sulfide) groups is 1. The van der Waals surface area contributed by atoms with Gasteiger partial charge in [0.25, 0.3) is 0 Å². The van der Waals surface area contributed by atoms with Gasteiger partial charge in [0.1, 0.15) is 22.6 Å². The van der Waals surface area contributed by atoms with Crippen LogP contribution in [0, 0.1) is 11.6 Å². The maximum absolute atomic E-state index is 13.8. The summed E-state index contributed by atoms with van der Waals surface area (Å²) >= 11 is 1.15. The number of methoxy groups -OCH3 is 2. The van der Waals surface area contributed by atoms with Gasteiger partial charge in [0.15, 0.2) is 5.17 Å². The van der Waals surface area contributed by atoms with E-state index < -0.39 is 22.8 Å². The maximum Gasteiger partial charge on any atom is 0.242 e. The van der Waals surface area contributed by atoms with E-state index in [1.165, 1.54) is 12.0 Å². The number of halogens is 2. The van der Waals surface area contributed by atoms with E-state index in [9.17, 15) is 18.4 Å². The zero-order chi connectivity index (χ0) is 22.4. The second kappa shape index (κ2) is 10.4. The number of amides is 2. The molecule has 7 nitrogen and oxygen atoms in total. The van der Waals surface area contributed by atoms with Crippen LogP contribution in [-0.4, -0.2) is 54.5 Å². The zero-order valence-electron chi connectivity index (χ0n) is 16.9. The highest BCUT2D eigenvalue weighted by atomic mass is 32.2. The summed E-state index contributed by atoms with van der Waals surface area (Å²) in [4.78, 5) is 31.2. The van der Waals surface area contributed by atoms with E-state index in [1.807, 2.05) is 0 Å². The summed E-state index contributed by atoms with van der Waals surface area (Å²) < 4.78 is 37.0. The minimum absolute atomic E-state index is 0.148. The monoisotopic (exact) mass is 449 g/mol. The lowest BCUT2D eigenvalue weighted by Gasteiger charge is -2.15. The standard InChI is InChI=1S/C21H21F2N3O4S/c1-29-10-9-26-20(28)18(12-19(27)25-17-8-3-13(22)11-16(17)23)31-21(26)24-14-4-6-15(30-2)7-5-14/h3-8,11,18H,9-10,12H2,1-2H3,(H,25,27). The highest BCUT2D eigenvalue weighted by Gasteiger charge is 2.39. The maximum atomic E-state index is 13.8. The summed E-state index contributed by atoms with van der Waals surface area (Å²) in [6.45, 7) is 0.579. The molecule has 2 aromatic carbocycles. The van der Waals surface area contributed by atoms with Crippen LogP contribution in [0.4, 0.5) is 20.2 Å². The number of amidine groups is 1. The van der Waals surface area contributed by atoms with Crippen LogP contribution >= 0.6 is 11.8 Å². The first kappa shape index (κ1) is 22.7. The molecule has 0 aliphatic carbocycles. The number of rotatable bonds is 8. The van der Waals surface area contributed by atoms with Crippen LogP contribution < -0.4 is 10.1 Å². The zero-order valence-corrected chi connectivity index (χ0v) is 17.7. The first-order chi connectivity index (χ1) is 14.9. The third kappa shape index (κ3) is 5.80. The van der Waals surface area contributed by atoms with Gasteiger partial charge >= 0.3 is 0 Å². The van der Waals surface area contributed by atoms with Gasteiger partial charge in [0.05, 0.1) is 31.6 Å². The van der Waals surface area contributed by atoms with Gasteiger partial charge in [0.2, 0.25) is 11.8 Å². The van der Waals surface area contributed by atoms with Gasteiger partial charge in [-0.05, 0) is 36.4 Å². The quantitative estimate of drug-likeness (QED) is 0.666. The number of aliphatic imine (C=N–C) groups is 1. The molecule has 10 heteroatoms. The van der Waals surface area contributed by atoms with Gasteiger partial charge in [0, 0.05) is 19.6 Å². The van der Waals surface area contributed by atoms with Crippen molar-refractivity contribution in [2.75, 3.05) is 32.7 Å². The summed E-state index contributed by atoms with van der Waals surface area (Å²) in [6, 6.07) is 9.86. The Bertz CT molecular complexity index is 985. The molecule has 1 aliphatic rings. The van der Waals surface area contributed by atoms with E-state index >= 15 is 0 Å². The minimum Gasteiger partial charge on any atom is -0.497 e. The van der Waals surface area contributed by atoms with Crippen LogP contribution in [0.15, 0.2) is 47.5 Å². The molecule has 31 heavy (non-hydrogen) atoms. The predicted octanol–water partition coefficient (Wildman–Crippen LogP) is 3.58. The Morgan fingerprint density at radius 2 is 1.94 bits per heavy atom. The number of hydrogen-bond donors (Lipinski definition) is 1. The average molecular weight is 449 g/mol. The fourth-order valence-corrected chi connectivity index (χ4v) is 4.02. The second-order valence-electron chi connectivity index (χ2n) is 6.56. The predicted molar refractivity (Wildman–Crippen MR) is 115 cm³/mol. The number of ether oxygens (including phenoxy) is 2. The van der Waals surface area contributed by atoms with Crippen LogP contribution in [0.5, 0.6) is 5.75 Å². The van der Waals surface area contributed by atoms with Gasteiger partial charge in [-0.2, -0.15) is 0 Å². The molecular formula is C21H21F2N3O4S. The third-order valence-electron chi connectivity index (χ3n) is 4.41. The fourth-order valence-electron chi connectivity index (χ4n) is 2.84. The summed E-state index contributed by atoms with van der Waals surface area (Å²) in [7, 11) is 3.09. The van der Waals surface area contributed by atoms with Crippen molar-refractivity contribution in [1.29, 1.82) is 0 Å². The summed E-state index contributed by atoms with van der Waals surface area (Å²) in [5.41, 5.74) is 0.474. The topological polar surface area (TPSA) is 80.2 Å². The van der Waals surface area contributed by atoms with Crippen LogP contribution in [0.3, 0.4) is 0 Å². The summed E-state index contributed by atoms with van der Waals surface area (Å²) in [5, 5.41) is 2.09. The fraction of sp³-hybridized carbons (Fsp3) is 0.286. The van der Waals surface area contributed by atoms with Crippen LogP contribution in [0.25, 0.3) is 0 Å². The van der Waals surface area contributed by atoms with E-state index in [0.29, 0.717) is 29.3 Å². The van der Waals surface area contributed by atoms with Crippen molar-refractivity contribution in [2.24, 2.45) is 4.99 Å². The molecule has 1 unspecified atom stereocenters. The van der Waals surface area contributed by atoms with E-state index in [1.54, 1.807) is 31.4 Å². The third-order valence-corrected chi connectivity index (χ3v) is 5.59. The minimum atomic E-state index is -0.887. The van der Waals surface area contributed by atoms with Crippen molar-refractivity contribution in [3.05, 3.63) is 54.1 Å². The Labute approximate surface area is 182 Å². The lowest BCUT2D eigenvalue weighted by Crippen LogP contribution is -2.35. The SMILES string of the molecule is COCCN1C(=O)C(CC(=O)Nc2ccc(F)cc2F)SC1=Nc1ccc(OC)cc1. The van der Waals surface area contributed by atoms with Crippen molar-refractivity contribution >= 4 is 40.1 Å². The van der Waals surface area contributed by atoms with Gasteiger partial charge < -0.3 is 14.8 Å². The Hall–Kier alpha value is -2.98. The molecule has 0 bridgehead atoms. The second-order valence-corrected chi connectivity index (χ2v) is 7.73. The van der Waals surface area contributed by atoms with Gasteiger partial charge in [-0.3, -0.25) is 14.5 Å². The largest absolute Gasteiger partial charge is 0.497 e. The van der Waals surface area contributed by atoms with Crippen LogP contribution in [-0.2, 0) is 14.3 Å². The summed E-state index contributed by atoms with van der Waals surface area (Å²) in [6.07, 6.45) is -0.189. The first-order valence-electron chi connectivity index (χ1n) is 9.36. The number of carbonyl (C=O) groups is 2. The molecule has 164 valence electrons. The molecule has 2 amide bonds. The van der Waals surface area contributed by atoms with E-state index in [2.05, 4.69) is 10.3 Å². The highest BCUT2D eigenvalue weighted by Crippen LogP contribution is 2.32.